The molecule has 0 aliphatic rings. The van der Waals surface area contributed by atoms with Crippen molar-refractivity contribution >= 4 is 21.5 Å². The molecule has 46 valence electrons. The summed E-state index contributed by atoms with van der Waals surface area (Å²) in [7, 11) is -2.32. The van der Waals surface area contributed by atoms with Crippen molar-refractivity contribution in [2.45, 2.75) is 0 Å². The molecule has 6 heteroatoms. The lowest BCUT2D eigenvalue weighted by Crippen LogP contribution is -1.84. The fourth-order valence-electron chi connectivity index (χ4n) is 0.0985. The molecule has 0 saturated carbocycles. The van der Waals surface area contributed by atoms with Gasteiger partial charge in [-0.2, -0.15) is 0 Å². The summed E-state index contributed by atoms with van der Waals surface area (Å²) in [4.78, 5) is 26.9. The van der Waals surface area contributed by atoms with Crippen LogP contribution < -0.4 is 0 Å². The molecule has 8 heavy (non-hydrogen) atoms. The minimum absolute atomic E-state index is 0.00476. The Balaban J connectivity index is 3.16. The van der Waals surface area contributed by atoms with E-state index >= 15 is 0 Å². The van der Waals surface area contributed by atoms with Crippen molar-refractivity contribution in [3.05, 3.63) is 0 Å². The van der Waals surface area contributed by atoms with Crippen LogP contribution in [0.4, 0.5) is 0 Å². The fraction of sp³-hybridized carbons (Fsp3) is 0. The molecule has 1 N–H and O–H groups in total. The normalized spacial score (nSPS) is 8.25. The highest BCUT2D eigenvalue weighted by Crippen LogP contribution is 2.29. The van der Waals surface area contributed by atoms with Gasteiger partial charge in [0.25, 0.3) is 12.9 Å². The number of carbonyl (C=O) groups is 2. The minimum Gasteiger partial charge on any atom is -0.387 e. The van der Waals surface area contributed by atoms with E-state index in [0.717, 1.165) is 0 Å². The predicted octanol–water partition coefficient (Wildman–Crippen LogP) is -0.448. The average molecular weight is 138 g/mol. The Labute approximate surface area is 46.2 Å². The van der Waals surface area contributed by atoms with E-state index in [1.807, 2.05) is 0 Å². The molecule has 0 aliphatic heterocycles. The van der Waals surface area contributed by atoms with E-state index in [9.17, 15) is 9.59 Å². The van der Waals surface area contributed by atoms with Crippen molar-refractivity contribution in [3.63, 3.8) is 0 Å². The lowest BCUT2D eigenvalue weighted by atomic mass is 11.7. The van der Waals surface area contributed by atoms with E-state index < -0.39 is 8.60 Å². The van der Waals surface area contributed by atoms with Crippen molar-refractivity contribution in [1.82, 2.24) is 0 Å². The highest BCUT2D eigenvalue weighted by atomic mass is 31.2. The highest BCUT2D eigenvalue weighted by molar-refractivity contribution is 7.41. The molecule has 0 unspecified atom stereocenters. The Morgan fingerprint density at radius 2 is 1.62 bits per heavy atom. The van der Waals surface area contributed by atoms with Crippen LogP contribution in [0.5, 0.6) is 0 Å². The SMILES string of the molecule is O=COP(O)OC=O. The maximum Gasteiger partial charge on any atom is 0.464 e. The molecular weight excluding hydrogens is 135 g/mol. The fourth-order valence-corrected chi connectivity index (χ4v) is 0.295. The topological polar surface area (TPSA) is 72.8 Å². The number of hydrogen-bond acceptors (Lipinski definition) is 5. The number of hydrogen-bond donors (Lipinski definition) is 1. The number of rotatable bonds is 4. The van der Waals surface area contributed by atoms with Crippen LogP contribution >= 0.6 is 8.60 Å². The summed E-state index contributed by atoms with van der Waals surface area (Å²) in [6.45, 7) is -0.00952. The van der Waals surface area contributed by atoms with Gasteiger partial charge < -0.3 is 13.9 Å². The first-order valence-corrected chi connectivity index (χ1v) is 2.64. The molecule has 0 atom stereocenters. The molecule has 0 spiro atoms. The lowest BCUT2D eigenvalue weighted by Gasteiger charge is -1.98. The largest absolute Gasteiger partial charge is 0.464 e. The summed E-state index contributed by atoms with van der Waals surface area (Å²) in [5.41, 5.74) is 0. The molecule has 0 radical (unpaired) electrons. The Hall–Kier alpha value is -0.670. The maximum atomic E-state index is 9.33. The second kappa shape index (κ2) is 4.49. The molecule has 0 saturated heterocycles. The van der Waals surface area contributed by atoms with E-state index in [-0.39, 0.29) is 12.9 Å². The second-order valence-corrected chi connectivity index (χ2v) is 1.54. The van der Waals surface area contributed by atoms with Crippen molar-refractivity contribution in [1.29, 1.82) is 0 Å². The van der Waals surface area contributed by atoms with Gasteiger partial charge >= 0.3 is 8.60 Å². The molecule has 0 aromatic rings. The first-order valence-electron chi connectivity index (χ1n) is 1.51. The van der Waals surface area contributed by atoms with Crippen LogP contribution in [0.25, 0.3) is 0 Å². The van der Waals surface area contributed by atoms with E-state index in [2.05, 4.69) is 9.05 Å². The van der Waals surface area contributed by atoms with Crippen LogP contribution in [0, 0.1) is 0 Å². The van der Waals surface area contributed by atoms with E-state index in [0.29, 0.717) is 0 Å². The van der Waals surface area contributed by atoms with Gasteiger partial charge in [-0.3, -0.25) is 9.59 Å². The zero-order valence-corrected chi connectivity index (χ0v) is 4.58. The summed E-state index contributed by atoms with van der Waals surface area (Å²) in [6.07, 6.45) is 0. The van der Waals surface area contributed by atoms with Crippen LogP contribution in [0.15, 0.2) is 0 Å². The second-order valence-electron chi connectivity index (χ2n) is 0.641. The zero-order valence-electron chi connectivity index (χ0n) is 3.68. The van der Waals surface area contributed by atoms with E-state index in [1.54, 1.807) is 0 Å². The molecule has 0 aromatic carbocycles. The van der Waals surface area contributed by atoms with Gasteiger partial charge in [0.15, 0.2) is 0 Å². The number of carbonyl (C=O) groups excluding carboxylic acids is 2. The molecule has 0 fully saturated rings. The van der Waals surface area contributed by atoms with Crippen LogP contribution in [0.3, 0.4) is 0 Å². The van der Waals surface area contributed by atoms with Crippen LogP contribution in [-0.2, 0) is 18.6 Å². The predicted molar refractivity (Wildman–Crippen MR) is 23.4 cm³/mol. The van der Waals surface area contributed by atoms with Gasteiger partial charge in [-0.1, -0.05) is 0 Å². The third kappa shape index (κ3) is 3.52. The van der Waals surface area contributed by atoms with Crippen LogP contribution in [0.1, 0.15) is 0 Å². The molecule has 0 aliphatic carbocycles. The van der Waals surface area contributed by atoms with Crippen LogP contribution in [-0.4, -0.2) is 17.8 Å². The lowest BCUT2D eigenvalue weighted by molar-refractivity contribution is -0.124. The molecule has 0 rings (SSSR count). The van der Waals surface area contributed by atoms with Crippen molar-refractivity contribution < 1.29 is 23.5 Å². The first-order chi connectivity index (χ1) is 3.81. The van der Waals surface area contributed by atoms with Gasteiger partial charge in [-0.25, -0.2) is 0 Å². The summed E-state index contributed by atoms with van der Waals surface area (Å²) < 4.78 is 7.54. The van der Waals surface area contributed by atoms with Gasteiger partial charge in [0.2, 0.25) is 0 Å². The van der Waals surface area contributed by atoms with Crippen molar-refractivity contribution in [3.8, 4) is 0 Å². The molecule has 0 heterocycles. The Morgan fingerprint density at radius 3 is 1.88 bits per heavy atom. The Kier molecular flexibility index (Phi) is 4.11. The van der Waals surface area contributed by atoms with Crippen molar-refractivity contribution in [2.75, 3.05) is 0 Å². The molecule has 0 bridgehead atoms. The molecular formula is C2H3O5P. The summed E-state index contributed by atoms with van der Waals surface area (Å²) in [6, 6.07) is 0. The Morgan fingerprint density at radius 1 is 1.25 bits per heavy atom. The zero-order chi connectivity index (χ0) is 6.41. The van der Waals surface area contributed by atoms with Gasteiger partial charge in [0, 0.05) is 0 Å². The highest BCUT2D eigenvalue weighted by Gasteiger charge is 2.03. The van der Waals surface area contributed by atoms with Gasteiger partial charge in [-0.05, 0) is 0 Å². The van der Waals surface area contributed by atoms with E-state index in [4.69, 9.17) is 4.89 Å². The smallest absolute Gasteiger partial charge is 0.387 e. The summed E-state index contributed by atoms with van der Waals surface area (Å²) in [5, 5.41) is 0. The van der Waals surface area contributed by atoms with E-state index in [1.165, 1.54) is 0 Å². The average Bonchev–Trinajstić information content (AvgIpc) is 1.68. The monoisotopic (exact) mass is 138 g/mol. The molecule has 0 aromatic heterocycles. The standard InChI is InChI=1S/C2H3O5P/c3-1-6-8(5)7-2-4/h1-2,5H. The van der Waals surface area contributed by atoms with Gasteiger partial charge in [0.05, 0.1) is 0 Å². The first kappa shape index (κ1) is 7.33. The quantitative estimate of drug-likeness (QED) is 0.420. The maximum absolute atomic E-state index is 9.33. The van der Waals surface area contributed by atoms with Crippen LogP contribution in [0.2, 0.25) is 0 Å². The van der Waals surface area contributed by atoms with Crippen molar-refractivity contribution in [2.24, 2.45) is 0 Å². The molecule has 5 nitrogen and oxygen atoms in total. The van der Waals surface area contributed by atoms with Gasteiger partial charge in [0.1, 0.15) is 0 Å². The summed E-state index contributed by atoms with van der Waals surface area (Å²) >= 11 is 0. The Bertz CT molecular complexity index is 72.5. The third-order valence-corrected chi connectivity index (χ3v) is 0.799. The minimum atomic E-state index is -2.32. The summed E-state index contributed by atoms with van der Waals surface area (Å²) in [5.74, 6) is 0. The third-order valence-electron chi connectivity index (χ3n) is 0.266. The van der Waals surface area contributed by atoms with Gasteiger partial charge in [-0.15, -0.1) is 0 Å². The molecule has 0 amide bonds.